The summed E-state index contributed by atoms with van der Waals surface area (Å²) >= 11 is 12.8. The van der Waals surface area contributed by atoms with Gasteiger partial charge in [-0.2, -0.15) is 5.21 Å². The minimum atomic E-state index is -0.622. The SMILES string of the molecule is CCCCc1nc(Cl)c(COC(=O)C(CCOC)CC2(C(=O)NCCCc3ccc(Cl)cc3)CCCC2)n1Cc1ccc(-c2ccccc2-c2nn[nH]n2)cc1. The second-order valence-corrected chi connectivity index (χ2v) is 15.5. The second-order valence-electron chi connectivity index (χ2n) is 14.7. The van der Waals surface area contributed by atoms with Gasteiger partial charge in [-0.3, -0.25) is 9.59 Å². The molecule has 2 N–H and O–H groups in total. The number of imidazole rings is 1. The van der Waals surface area contributed by atoms with Crippen LogP contribution in [0.15, 0.2) is 72.8 Å². The maximum Gasteiger partial charge on any atom is 0.309 e. The predicted octanol–water partition coefficient (Wildman–Crippen LogP) is 8.82. The summed E-state index contributed by atoms with van der Waals surface area (Å²) in [6.07, 6.45) is 8.60. The fourth-order valence-electron chi connectivity index (χ4n) is 7.73. The Hall–Kier alpha value is -4.58. The van der Waals surface area contributed by atoms with Crippen molar-refractivity contribution in [3.63, 3.8) is 0 Å². The number of benzene rings is 3. The van der Waals surface area contributed by atoms with E-state index in [1.165, 1.54) is 5.56 Å². The number of ether oxygens (including phenoxy) is 2. The van der Waals surface area contributed by atoms with Crippen molar-refractivity contribution in [3.8, 4) is 22.5 Å². The van der Waals surface area contributed by atoms with Crippen LogP contribution < -0.4 is 5.32 Å². The van der Waals surface area contributed by atoms with Crippen LogP contribution in [0.25, 0.3) is 22.5 Å². The number of carbonyl (C=O) groups is 2. The lowest BCUT2D eigenvalue weighted by Crippen LogP contribution is -2.42. The van der Waals surface area contributed by atoms with Crippen molar-refractivity contribution in [1.29, 1.82) is 0 Å². The largest absolute Gasteiger partial charge is 0.459 e. The molecular formula is C43H51Cl2N7O4. The summed E-state index contributed by atoms with van der Waals surface area (Å²) in [5.74, 6) is 0.540. The molecule has 296 valence electrons. The molecule has 1 amide bonds. The van der Waals surface area contributed by atoms with Crippen LogP contribution in [-0.2, 0) is 45.1 Å². The molecule has 0 spiro atoms. The summed E-state index contributed by atoms with van der Waals surface area (Å²) in [6.45, 7) is 3.57. The van der Waals surface area contributed by atoms with Crippen molar-refractivity contribution in [3.05, 3.63) is 106 Å². The molecule has 1 unspecified atom stereocenters. The van der Waals surface area contributed by atoms with Crippen LogP contribution >= 0.6 is 23.2 Å². The zero-order chi connectivity index (χ0) is 39.3. The van der Waals surface area contributed by atoms with E-state index in [2.05, 4.69) is 61.7 Å². The minimum absolute atomic E-state index is 0.0207. The van der Waals surface area contributed by atoms with E-state index in [0.29, 0.717) is 54.2 Å². The van der Waals surface area contributed by atoms with Gasteiger partial charge in [0.15, 0.2) is 5.15 Å². The summed E-state index contributed by atoms with van der Waals surface area (Å²) in [6, 6.07) is 24.1. The number of H-pyrrole nitrogens is 1. The lowest BCUT2D eigenvalue weighted by Gasteiger charge is -2.31. The van der Waals surface area contributed by atoms with Gasteiger partial charge in [0.1, 0.15) is 12.4 Å². The summed E-state index contributed by atoms with van der Waals surface area (Å²) in [5, 5.41) is 18.8. The third-order valence-corrected chi connectivity index (χ3v) is 11.4. The van der Waals surface area contributed by atoms with Gasteiger partial charge in [-0.15, -0.1) is 10.2 Å². The molecule has 56 heavy (non-hydrogen) atoms. The highest BCUT2D eigenvalue weighted by Crippen LogP contribution is 2.44. The number of aromatic amines is 1. The normalized spacial score (nSPS) is 14.1. The summed E-state index contributed by atoms with van der Waals surface area (Å²) in [7, 11) is 1.62. The van der Waals surface area contributed by atoms with E-state index in [1.807, 2.05) is 48.5 Å². The molecule has 2 aromatic heterocycles. The van der Waals surface area contributed by atoms with E-state index in [1.54, 1.807) is 7.11 Å². The van der Waals surface area contributed by atoms with Crippen LogP contribution in [0.2, 0.25) is 10.2 Å². The number of hydrogen-bond donors (Lipinski definition) is 2. The Bertz CT molecular complexity index is 2010. The highest BCUT2D eigenvalue weighted by molar-refractivity contribution is 6.30. The molecule has 0 saturated heterocycles. The average Bonchev–Trinajstić information content (AvgIpc) is 3.99. The van der Waals surface area contributed by atoms with E-state index in [-0.39, 0.29) is 18.5 Å². The number of esters is 1. The maximum atomic E-state index is 14.0. The monoisotopic (exact) mass is 799 g/mol. The Morgan fingerprint density at radius 3 is 2.38 bits per heavy atom. The number of halogens is 2. The highest BCUT2D eigenvalue weighted by atomic mass is 35.5. The number of carbonyl (C=O) groups excluding carboxylic acids is 2. The number of aryl methyl sites for hydroxylation is 2. The van der Waals surface area contributed by atoms with Crippen LogP contribution in [0.5, 0.6) is 0 Å². The van der Waals surface area contributed by atoms with Gasteiger partial charge in [0.2, 0.25) is 11.7 Å². The summed E-state index contributed by atoms with van der Waals surface area (Å²) in [4.78, 5) is 32.5. The van der Waals surface area contributed by atoms with Crippen molar-refractivity contribution in [1.82, 2.24) is 35.5 Å². The van der Waals surface area contributed by atoms with Crippen LogP contribution in [0.4, 0.5) is 0 Å². The molecule has 5 aromatic rings. The summed E-state index contributed by atoms with van der Waals surface area (Å²) in [5.41, 5.74) is 5.15. The van der Waals surface area contributed by atoms with Crippen molar-refractivity contribution in [2.75, 3.05) is 20.3 Å². The molecule has 0 radical (unpaired) electrons. The molecule has 2 heterocycles. The fourth-order valence-corrected chi connectivity index (χ4v) is 8.11. The Morgan fingerprint density at radius 1 is 0.946 bits per heavy atom. The van der Waals surface area contributed by atoms with Crippen molar-refractivity contribution < 1.29 is 19.1 Å². The summed E-state index contributed by atoms with van der Waals surface area (Å²) < 4.78 is 13.6. The molecule has 1 aliphatic carbocycles. The van der Waals surface area contributed by atoms with Crippen molar-refractivity contribution in [2.24, 2.45) is 11.3 Å². The van der Waals surface area contributed by atoms with Gasteiger partial charge in [0.05, 0.1) is 11.6 Å². The number of rotatable bonds is 20. The zero-order valence-electron chi connectivity index (χ0n) is 32.2. The molecule has 3 aromatic carbocycles. The number of methoxy groups -OCH3 is 1. The molecule has 11 nitrogen and oxygen atoms in total. The first-order chi connectivity index (χ1) is 27.3. The third-order valence-electron chi connectivity index (χ3n) is 10.9. The van der Waals surface area contributed by atoms with Crippen molar-refractivity contribution >= 4 is 35.1 Å². The number of hydrogen-bond acceptors (Lipinski definition) is 8. The Kier molecular flexibility index (Phi) is 14.7. The quantitative estimate of drug-likeness (QED) is 0.0589. The van der Waals surface area contributed by atoms with E-state index >= 15 is 0 Å². The highest BCUT2D eigenvalue weighted by Gasteiger charge is 2.44. The molecule has 0 bridgehead atoms. The Balaban J connectivity index is 1.14. The number of tetrazole rings is 1. The maximum absolute atomic E-state index is 14.0. The standard InChI is InChI=1S/C43H51Cl2N7O4/c1-3-4-13-38-47-39(45)37(52(38)28-31-14-18-32(19-15-31)35-11-5-6-12-36(35)40-48-50-51-49-40)29-56-41(53)33(22-26-55-2)27-43(23-7-8-24-43)42(54)46-25-9-10-30-16-20-34(44)21-17-30/h5-6,11-12,14-21,33H,3-4,7-10,13,22-29H2,1-2H3,(H,46,54)(H,48,49,50,51). The van der Waals surface area contributed by atoms with Gasteiger partial charge in [-0.05, 0) is 84.5 Å². The first kappa shape index (κ1) is 41.1. The fraction of sp³-hybridized carbons (Fsp3) is 0.442. The molecule has 13 heteroatoms. The molecule has 1 atom stereocenters. The number of unbranched alkanes of at least 4 members (excludes halogenated alkanes) is 1. The number of nitrogens with zero attached hydrogens (tertiary/aromatic N) is 5. The van der Waals surface area contributed by atoms with Gasteiger partial charge in [0.25, 0.3) is 0 Å². The van der Waals surface area contributed by atoms with Gasteiger partial charge in [0, 0.05) is 49.2 Å². The van der Waals surface area contributed by atoms with Gasteiger partial charge < -0.3 is 19.4 Å². The number of aromatic nitrogens is 6. The van der Waals surface area contributed by atoms with E-state index < -0.39 is 11.3 Å². The van der Waals surface area contributed by atoms with E-state index in [4.69, 9.17) is 37.7 Å². The van der Waals surface area contributed by atoms with Crippen LogP contribution in [0.1, 0.15) is 87.4 Å². The smallest absolute Gasteiger partial charge is 0.309 e. The van der Waals surface area contributed by atoms with Crippen LogP contribution in [-0.4, -0.2) is 62.3 Å². The Morgan fingerprint density at radius 2 is 1.68 bits per heavy atom. The second kappa shape index (κ2) is 20.0. The molecular weight excluding hydrogens is 749 g/mol. The lowest BCUT2D eigenvalue weighted by atomic mass is 9.76. The number of nitrogens with one attached hydrogen (secondary N) is 2. The van der Waals surface area contributed by atoms with Gasteiger partial charge in [-0.25, -0.2) is 4.98 Å². The lowest BCUT2D eigenvalue weighted by molar-refractivity contribution is -0.153. The first-order valence-electron chi connectivity index (χ1n) is 19.6. The van der Waals surface area contributed by atoms with E-state index in [9.17, 15) is 9.59 Å². The third kappa shape index (κ3) is 10.4. The zero-order valence-corrected chi connectivity index (χ0v) is 33.7. The van der Waals surface area contributed by atoms with Crippen LogP contribution in [0, 0.1) is 11.3 Å². The molecule has 1 saturated carbocycles. The average molecular weight is 801 g/mol. The van der Waals surface area contributed by atoms with Crippen LogP contribution in [0.3, 0.4) is 0 Å². The van der Waals surface area contributed by atoms with E-state index in [0.717, 1.165) is 85.9 Å². The topological polar surface area (TPSA) is 137 Å². The molecule has 1 fully saturated rings. The minimum Gasteiger partial charge on any atom is -0.459 e. The molecule has 0 aliphatic heterocycles. The molecule has 6 rings (SSSR count). The van der Waals surface area contributed by atoms with Gasteiger partial charge >= 0.3 is 5.97 Å². The Labute approximate surface area is 338 Å². The predicted molar refractivity (Wildman–Crippen MR) is 218 cm³/mol. The van der Waals surface area contributed by atoms with Crippen molar-refractivity contribution in [2.45, 2.75) is 90.7 Å². The first-order valence-corrected chi connectivity index (χ1v) is 20.4. The van der Waals surface area contributed by atoms with Gasteiger partial charge in [-0.1, -0.05) is 110 Å². The molecule has 1 aliphatic rings. The number of amides is 1.